The maximum absolute atomic E-state index is 13.5. The summed E-state index contributed by atoms with van der Waals surface area (Å²) >= 11 is 0. The van der Waals surface area contributed by atoms with E-state index in [2.05, 4.69) is 10.1 Å². The first-order chi connectivity index (χ1) is 19.2. The van der Waals surface area contributed by atoms with E-state index in [-0.39, 0.29) is 23.7 Å². The number of hydrogen-bond acceptors (Lipinski definition) is 6. The summed E-state index contributed by atoms with van der Waals surface area (Å²) in [5, 5.41) is 4.17. The quantitative estimate of drug-likeness (QED) is 0.264. The Morgan fingerprint density at radius 1 is 0.975 bits per heavy atom. The van der Waals surface area contributed by atoms with Crippen LogP contribution >= 0.6 is 0 Å². The molecule has 40 heavy (non-hydrogen) atoms. The summed E-state index contributed by atoms with van der Waals surface area (Å²) in [7, 11) is 1.83. The third-order valence-electron chi connectivity index (χ3n) is 6.31. The lowest BCUT2D eigenvalue weighted by Crippen LogP contribution is -2.42. The van der Waals surface area contributed by atoms with Crippen LogP contribution in [0.2, 0.25) is 0 Å². The molecule has 202 valence electrons. The van der Waals surface area contributed by atoms with Gasteiger partial charge in [0, 0.05) is 49.7 Å². The van der Waals surface area contributed by atoms with E-state index in [4.69, 9.17) is 4.74 Å². The van der Waals surface area contributed by atoms with Crippen molar-refractivity contribution >= 4 is 5.78 Å². The Morgan fingerprint density at radius 2 is 1.70 bits per heavy atom. The topological polar surface area (TPSA) is 101 Å². The van der Waals surface area contributed by atoms with Crippen LogP contribution in [0.25, 0.3) is 16.9 Å². The van der Waals surface area contributed by atoms with Crippen molar-refractivity contribution in [2.45, 2.75) is 26.3 Å². The van der Waals surface area contributed by atoms with Gasteiger partial charge >= 0.3 is 5.69 Å². The van der Waals surface area contributed by atoms with Crippen molar-refractivity contribution in [3.8, 4) is 28.4 Å². The number of hydrogen-bond donors (Lipinski definition) is 0. The number of halogens is 1. The van der Waals surface area contributed by atoms with Crippen LogP contribution in [0, 0.1) is 5.82 Å². The number of benzene rings is 2. The molecule has 0 bridgehead atoms. The van der Waals surface area contributed by atoms with Gasteiger partial charge in [0.25, 0.3) is 5.56 Å². The highest BCUT2D eigenvalue weighted by atomic mass is 19.1. The van der Waals surface area contributed by atoms with Gasteiger partial charge in [0.2, 0.25) is 0 Å². The zero-order valence-electron chi connectivity index (χ0n) is 22.1. The van der Waals surface area contributed by atoms with E-state index in [0.717, 1.165) is 28.0 Å². The average Bonchev–Trinajstić information content (AvgIpc) is 3.37. The standard InChI is InChI=1S/C30H26FN5O4/c1-19(2)35-18-26(29(38)36(30(35)39)23-8-6-22(31)7-9-23)28(37)14-20-4-10-24(11-5-20)40-25-12-13-32-27(15-25)21-16-33-34(3)17-21/h4-13,15-19H,14H2,1-3H3. The molecule has 3 aromatic heterocycles. The smallest absolute Gasteiger partial charge is 0.335 e. The molecular weight excluding hydrogens is 513 g/mol. The maximum atomic E-state index is 13.5. The molecule has 0 saturated carbocycles. The van der Waals surface area contributed by atoms with Gasteiger partial charge in [0.05, 0.1) is 17.6 Å². The molecule has 10 heteroatoms. The molecule has 5 aromatic rings. The number of ether oxygens (including phenoxy) is 1. The fourth-order valence-electron chi connectivity index (χ4n) is 4.23. The van der Waals surface area contributed by atoms with Crippen LogP contribution in [0.5, 0.6) is 11.5 Å². The zero-order chi connectivity index (χ0) is 28.4. The first-order valence-electron chi connectivity index (χ1n) is 12.6. The minimum absolute atomic E-state index is 0.0599. The first kappa shape index (κ1) is 26.5. The number of carbonyl (C=O) groups is 1. The van der Waals surface area contributed by atoms with Gasteiger partial charge in [-0.05, 0) is 61.9 Å². The lowest BCUT2D eigenvalue weighted by molar-refractivity contribution is 0.0990. The highest BCUT2D eigenvalue weighted by molar-refractivity contribution is 5.97. The predicted octanol–water partition coefficient (Wildman–Crippen LogP) is 4.73. The summed E-state index contributed by atoms with van der Waals surface area (Å²) in [5.41, 5.74) is 0.958. The van der Waals surface area contributed by atoms with Gasteiger partial charge in [-0.25, -0.2) is 13.8 Å². The molecule has 0 amide bonds. The van der Waals surface area contributed by atoms with Crippen LogP contribution in [0.15, 0.2) is 95.0 Å². The zero-order valence-corrected chi connectivity index (χ0v) is 22.1. The normalized spacial score (nSPS) is 11.1. The molecule has 0 unspecified atom stereocenters. The molecule has 5 rings (SSSR count). The number of Topliss-reactive ketones (excluding diaryl/α,β-unsaturated/α-hetero) is 1. The molecular formula is C30H26FN5O4. The molecule has 0 fully saturated rings. The van der Waals surface area contributed by atoms with E-state index in [0.29, 0.717) is 17.1 Å². The Kier molecular flexibility index (Phi) is 7.24. The van der Waals surface area contributed by atoms with Crippen LogP contribution in [-0.2, 0) is 13.5 Å². The number of aryl methyl sites for hydroxylation is 1. The molecule has 3 heterocycles. The molecule has 9 nitrogen and oxygen atoms in total. The van der Waals surface area contributed by atoms with Gasteiger partial charge in [0.15, 0.2) is 5.78 Å². The van der Waals surface area contributed by atoms with E-state index < -0.39 is 22.8 Å². The Bertz CT molecular complexity index is 1800. The Labute approximate surface area is 228 Å². The van der Waals surface area contributed by atoms with Crippen LogP contribution in [0.1, 0.15) is 35.8 Å². The average molecular weight is 540 g/mol. The van der Waals surface area contributed by atoms with E-state index in [1.54, 1.807) is 61.3 Å². The minimum atomic E-state index is -0.749. The van der Waals surface area contributed by atoms with Crippen LogP contribution in [0.3, 0.4) is 0 Å². The molecule has 0 aliphatic heterocycles. The van der Waals surface area contributed by atoms with Gasteiger partial charge in [-0.3, -0.25) is 23.8 Å². The monoisotopic (exact) mass is 539 g/mol. The van der Waals surface area contributed by atoms with Gasteiger partial charge in [0.1, 0.15) is 22.9 Å². The Hall–Kier alpha value is -5.12. The summed E-state index contributed by atoms with van der Waals surface area (Å²) in [6.07, 6.45) is 6.48. The molecule has 0 saturated heterocycles. The largest absolute Gasteiger partial charge is 0.457 e. The number of pyridine rings is 1. The van der Waals surface area contributed by atoms with Crippen molar-refractivity contribution < 1.29 is 13.9 Å². The summed E-state index contributed by atoms with van der Waals surface area (Å²) in [6, 6.07) is 15.2. The third-order valence-corrected chi connectivity index (χ3v) is 6.31. The van der Waals surface area contributed by atoms with Crippen LogP contribution in [-0.4, -0.2) is 29.7 Å². The maximum Gasteiger partial charge on any atom is 0.335 e. The van der Waals surface area contributed by atoms with Crippen molar-refractivity contribution in [1.82, 2.24) is 23.9 Å². The van der Waals surface area contributed by atoms with Crippen molar-refractivity contribution in [3.63, 3.8) is 0 Å². The molecule has 0 aliphatic rings. The van der Waals surface area contributed by atoms with Gasteiger partial charge in [-0.2, -0.15) is 5.10 Å². The van der Waals surface area contributed by atoms with Crippen LogP contribution < -0.4 is 16.0 Å². The number of ketones is 1. The molecule has 0 spiro atoms. The van der Waals surface area contributed by atoms with Crippen LogP contribution in [0.4, 0.5) is 4.39 Å². The third kappa shape index (κ3) is 5.51. The Balaban J connectivity index is 1.37. The van der Waals surface area contributed by atoms with E-state index in [1.165, 1.54) is 22.9 Å². The second-order valence-corrected chi connectivity index (χ2v) is 9.57. The lowest BCUT2D eigenvalue weighted by atomic mass is 10.0. The predicted molar refractivity (Wildman–Crippen MR) is 148 cm³/mol. The minimum Gasteiger partial charge on any atom is -0.457 e. The second kappa shape index (κ2) is 10.9. The number of aromatic nitrogens is 5. The highest BCUT2D eigenvalue weighted by Gasteiger charge is 2.20. The summed E-state index contributed by atoms with van der Waals surface area (Å²) in [6.45, 7) is 3.55. The fraction of sp³-hybridized carbons (Fsp3) is 0.167. The number of nitrogens with zero attached hydrogens (tertiary/aromatic N) is 5. The van der Waals surface area contributed by atoms with Gasteiger partial charge in [-0.15, -0.1) is 0 Å². The van der Waals surface area contributed by atoms with Crippen molar-refractivity contribution in [1.29, 1.82) is 0 Å². The second-order valence-electron chi connectivity index (χ2n) is 9.57. The number of carbonyl (C=O) groups excluding carboxylic acids is 1. The highest BCUT2D eigenvalue weighted by Crippen LogP contribution is 2.26. The van der Waals surface area contributed by atoms with Crippen molar-refractivity contribution in [2.24, 2.45) is 7.05 Å². The molecule has 0 N–H and O–H groups in total. The van der Waals surface area contributed by atoms with E-state index >= 15 is 0 Å². The fourth-order valence-corrected chi connectivity index (χ4v) is 4.23. The molecule has 2 aromatic carbocycles. The molecule has 0 atom stereocenters. The van der Waals surface area contributed by atoms with Gasteiger partial charge < -0.3 is 4.74 Å². The Morgan fingerprint density at radius 3 is 2.35 bits per heavy atom. The first-order valence-corrected chi connectivity index (χ1v) is 12.6. The molecule has 0 aliphatic carbocycles. The summed E-state index contributed by atoms with van der Waals surface area (Å²) < 4.78 is 23.3. The van der Waals surface area contributed by atoms with Gasteiger partial charge in [-0.1, -0.05) is 12.1 Å². The van der Waals surface area contributed by atoms with E-state index in [1.807, 2.05) is 19.3 Å². The molecule has 0 radical (unpaired) electrons. The summed E-state index contributed by atoms with van der Waals surface area (Å²) in [5.74, 6) is 0.208. The SMILES string of the molecule is CC(C)n1cc(C(=O)Cc2ccc(Oc3ccnc(-c4cnn(C)c4)c3)cc2)c(=O)n(-c2ccc(F)cc2)c1=O. The van der Waals surface area contributed by atoms with E-state index in [9.17, 15) is 18.8 Å². The summed E-state index contributed by atoms with van der Waals surface area (Å²) in [4.78, 5) is 44.0. The van der Waals surface area contributed by atoms with Crippen molar-refractivity contribution in [3.05, 3.63) is 123 Å². The van der Waals surface area contributed by atoms with Crippen molar-refractivity contribution in [2.75, 3.05) is 0 Å². The number of rotatable bonds is 8. The lowest BCUT2D eigenvalue weighted by Gasteiger charge is -2.15.